The Labute approximate surface area is 163 Å². The molecule has 5 nitrogen and oxygen atoms in total. The van der Waals surface area contributed by atoms with Crippen LogP contribution in [0.25, 0.3) is 6.08 Å². The summed E-state index contributed by atoms with van der Waals surface area (Å²) in [5, 5.41) is 0. The second kappa shape index (κ2) is 8.00. The first-order valence-corrected chi connectivity index (χ1v) is 9.69. The minimum absolute atomic E-state index is 0.0511. The number of amides is 2. The molecule has 0 radical (unpaired) electrons. The molecular weight excluding hydrogens is 359 g/mol. The van der Waals surface area contributed by atoms with E-state index in [0.29, 0.717) is 24.4 Å². The van der Waals surface area contributed by atoms with Crippen LogP contribution in [0, 0.1) is 11.7 Å². The number of carbonyl (C=O) groups is 2. The molecule has 6 heteroatoms. The van der Waals surface area contributed by atoms with Gasteiger partial charge in [0.05, 0.1) is 6.26 Å². The fourth-order valence-corrected chi connectivity index (χ4v) is 4.29. The van der Waals surface area contributed by atoms with E-state index in [1.807, 2.05) is 9.80 Å². The Kier molecular flexibility index (Phi) is 5.28. The molecule has 2 aliphatic heterocycles. The van der Waals surface area contributed by atoms with Crippen LogP contribution in [-0.4, -0.2) is 47.3 Å². The first kappa shape index (κ1) is 18.5. The highest BCUT2D eigenvalue weighted by molar-refractivity contribution is 5.92. The maximum atomic E-state index is 13.3. The van der Waals surface area contributed by atoms with Gasteiger partial charge in [-0.2, -0.15) is 0 Å². The Bertz CT molecular complexity index is 878. The topological polar surface area (TPSA) is 53.8 Å². The van der Waals surface area contributed by atoms with E-state index < -0.39 is 0 Å². The third-order valence-corrected chi connectivity index (χ3v) is 5.64. The molecule has 0 aliphatic carbocycles. The highest BCUT2D eigenvalue weighted by atomic mass is 19.1. The van der Waals surface area contributed by atoms with Crippen LogP contribution in [0.15, 0.2) is 53.2 Å². The van der Waals surface area contributed by atoms with Crippen molar-refractivity contribution in [2.45, 2.75) is 25.3 Å². The van der Waals surface area contributed by atoms with Gasteiger partial charge in [0.1, 0.15) is 5.82 Å². The van der Waals surface area contributed by atoms with E-state index in [2.05, 4.69) is 0 Å². The lowest BCUT2D eigenvalue weighted by atomic mass is 9.83. The zero-order valence-corrected chi connectivity index (χ0v) is 15.6. The number of benzene rings is 1. The molecule has 2 aromatic rings. The highest BCUT2D eigenvalue weighted by Crippen LogP contribution is 2.31. The molecule has 0 saturated carbocycles. The largest absolute Gasteiger partial charge is 0.459 e. The Balaban J connectivity index is 1.42. The van der Waals surface area contributed by atoms with Crippen LogP contribution in [0.1, 0.15) is 35.4 Å². The number of likely N-dealkylation sites (tertiary alicyclic amines) is 2. The van der Waals surface area contributed by atoms with Crippen LogP contribution in [0.2, 0.25) is 0 Å². The van der Waals surface area contributed by atoms with E-state index in [0.717, 1.165) is 25.8 Å². The van der Waals surface area contributed by atoms with Crippen molar-refractivity contribution in [2.75, 3.05) is 19.6 Å². The number of fused-ring (bicyclic) bond motifs is 1. The van der Waals surface area contributed by atoms with E-state index in [9.17, 15) is 14.0 Å². The van der Waals surface area contributed by atoms with Gasteiger partial charge in [-0.25, -0.2) is 4.39 Å². The Morgan fingerprint density at radius 2 is 2.04 bits per heavy atom. The normalized spacial score (nSPS) is 22.3. The maximum absolute atomic E-state index is 13.3. The van der Waals surface area contributed by atoms with E-state index >= 15 is 0 Å². The Hall–Kier alpha value is -2.89. The maximum Gasteiger partial charge on any atom is 0.289 e. The van der Waals surface area contributed by atoms with Gasteiger partial charge < -0.3 is 14.2 Å². The molecule has 0 spiro atoms. The van der Waals surface area contributed by atoms with Crippen LogP contribution < -0.4 is 0 Å². The molecular formula is C22H23FN2O3. The molecule has 2 fully saturated rings. The van der Waals surface area contributed by atoms with Gasteiger partial charge in [-0.3, -0.25) is 9.59 Å². The van der Waals surface area contributed by atoms with Crippen LogP contribution in [0.4, 0.5) is 4.39 Å². The fourth-order valence-electron chi connectivity index (χ4n) is 4.29. The summed E-state index contributed by atoms with van der Waals surface area (Å²) in [6, 6.07) is 9.72. The van der Waals surface area contributed by atoms with E-state index in [4.69, 9.17) is 4.42 Å². The molecule has 1 aromatic carbocycles. The summed E-state index contributed by atoms with van der Waals surface area (Å²) >= 11 is 0. The number of hydrogen-bond donors (Lipinski definition) is 0. The molecule has 3 heterocycles. The predicted molar refractivity (Wildman–Crippen MR) is 103 cm³/mol. The zero-order valence-electron chi connectivity index (χ0n) is 15.6. The van der Waals surface area contributed by atoms with Gasteiger partial charge in [0, 0.05) is 31.8 Å². The number of rotatable bonds is 3. The second-order valence-electron chi connectivity index (χ2n) is 7.41. The number of nitrogens with zero attached hydrogens (tertiary/aromatic N) is 2. The van der Waals surface area contributed by atoms with Crippen molar-refractivity contribution in [3.8, 4) is 0 Å². The smallest absolute Gasteiger partial charge is 0.289 e. The minimum atomic E-state index is -0.318. The van der Waals surface area contributed by atoms with Crippen molar-refractivity contribution >= 4 is 17.9 Å². The number of piperidine rings is 2. The van der Waals surface area contributed by atoms with Crippen molar-refractivity contribution in [3.63, 3.8) is 0 Å². The minimum Gasteiger partial charge on any atom is -0.459 e. The molecule has 146 valence electrons. The van der Waals surface area contributed by atoms with Crippen molar-refractivity contribution in [3.05, 3.63) is 65.9 Å². The fraction of sp³-hybridized carbons (Fsp3) is 0.364. The SMILES string of the molecule is O=C(c1ccco1)N1CC[C@H]2[C@H](CCCN2C(=O)/C=C/c2cccc(F)c2)C1. The summed E-state index contributed by atoms with van der Waals surface area (Å²) in [4.78, 5) is 29.1. The summed E-state index contributed by atoms with van der Waals surface area (Å²) in [5.41, 5.74) is 0.667. The van der Waals surface area contributed by atoms with Crippen molar-refractivity contribution < 1.29 is 18.4 Å². The summed E-state index contributed by atoms with van der Waals surface area (Å²) in [7, 11) is 0. The lowest BCUT2D eigenvalue weighted by Gasteiger charge is -2.46. The van der Waals surface area contributed by atoms with Crippen molar-refractivity contribution in [2.24, 2.45) is 5.92 Å². The number of halogens is 1. The first-order chi connectivity index (χ1) is 13.6. The molecule has 0 N–H and O–H groups in total. The monoisotopic (exact) mass is 382 g/mol. The van der Waals surface area contributed by atoms with Crippen LogP contribution >= 0.6 is 0 Å². The standard InChI is InChI=1S/C22H23FN2O3/c23-18-6-1-4-16(14-18)8-9-21(26)25-11-2-5-17-15-24(12-10-19(17)25)22(27)20-7-3-13-28-20/h1,3-4,6-9,13-14,17,19H,2,5,10-12,15H2/b9-8+/t17-,19+/m1/s1. The molecule has 2 aliphatic rings. The average molecular weight is 382 g/mol. The molecule has 0 unspecified atom stereocenters. The average Bonchev–Trinajstić information content (AvgIpc) is 3.25. The van der Waals surface area contributed by atoms with Gasteiger partial charge in [0.25, 0.3) is 5.91 Å². The van der Waals surface area contributed by atoms with Gasteiger partial charge in [-0.05, 0) is 61.1 Å². The molecule has 1 aromatic heterocycles. The second-order valence-corrected chi connectivity index (χ2v) is 7.41. The first-order valence-electron chi connectivity index (χ1n) is 9.69. The molecule has 2 atom stereocenters. The number of hydrogen-bond acceptors (Lipinski definition) is 3. The highest BCUT2D eigenvalue weighted by Gasteiger charge is 2.39. The lowest BCUT2D eigenvalue weighted by molar-refractivity contribution is -0.132. The van der Waals surface area contributed by atoms with Gasteiger partial charge >= 0.3 is 0 Å². The van der Waals surface area contributed by atoms with E-state index in [-0.39, 0.29) is 29.6 Å². The van der Waals surface area contributed by atoms with E-state index in [1.165, 1.54) is 24.5 Å². The van der Waals surface area contributed by atoms with Crippen LogP contribution in [0.5, 0.6) is 0 Å². The van der Waals surface area contributed by atoms with Crippen molar-refractivity contribution in [1.29, 1.82) is 0 Å². The summed E-state index contributed by atoms with van der Waals surface area (Å²) in [6.07, 6.45) is 7.37. The third kappa shape index (κ3) is 3.86. The Morgan fingerprint density at radius 3 is 2.82 bits per heavy atom. The van der Waals surface area contributed by atoms with Crippen molar-refractivity contribution in [1.82, 2.24) is 9.80 Å². The molecule has 2 saturated heterocycles. The van der Waals surface area contributed by atoms with Gasteiger partial charge in [-0.1, -0.05) is 12.1 Å². The predicted octanol–water partition coefficient (Wildman–Crippen LogP) is 3.59. The van der Waals surface area contributed by atoms with Gasteiger partial charge in [0.2, 0.25) is 5.91 Å². The van der Waals surface area contributed by atoms with Gasteiger partial charge in [0.15, 0.2) is 5.76 Å². The molecule has 4 rings (SSSR count). The zero-order chi connectivity index (χ0) is 19.5. The summed E-state index contributed by atoms with van der Waals surface area (Å²) in [5.74, 6) is 0.178. The number of carbonyl (C=O) groups excluding carboxylic acids is 2. The summed E-state index contributed by atoms with van der Waals surface area (Å²) < 4.78 is 18.5. The van der Waals surface area contributed by atoms with E-state index in [1.54, 1.807) is 30.3 Å². The van der Waals surface area contributed by atoms with Crippen LogP contribution in [0.3, 0.4) is 0 Å². The quantitative estimate of drug-likeness (QED) is 0.763. The van der Waals surface area contributed by atoms with Crippen LogP contribution in [-0.2, 0) is 4.79 Å². The molecule has 28 heavy (non-hydrogen) atoms. The number of furan rings is 1. The Morgan fingerprint density at radius 1 is 1.14 bits per heavy atom. The molecule has 2 amide bonds. The lowest BCUT2D eigenvalue weighted by Crippen LogP contribution is -2.56. The summed E-state index contributed by atoms with van der Waals surface area (Å²) in [6.45, 7) is 1.97. The third-order valence-electron chi connectivity index (χ3n) is 5.64. The molecule has 0 bridgehead atoms. The van der Waals surface area contributed by atoms with Gasteiger partial charge in [-0.15, -0.1) is 0 Å².